The molecule has 0 fully saturated rings. The first-order chi connectivity index (χ1) is 18.4. The lowest BCUT2D eigenvalue weighted by molar-refractivity contribution is 0.0695. The van der Waals surface area contributed by atoms with Crippen LogP contribution >= 0.6 is 11.6 Å². The van der Waals surface area contributed by atoms with Crippen LogP contribution in [0.2, 0.25) is 5.02 Å². The molecule has 0 atom stereocenters. The van der Waals surface area contributed by atoms with Gasteiger partial charge in [-0.2, -0.15) is 0 Å². The van der Waals surface area contributed by atoms with Crippen molar-refractivity contribution in [2.75, 3.05) is 11.9 Å². The van der Waals surface area contributed by atoms with Crippen LogP contribution < -0.4 is 10.1 Å². The lowest BCUT2D eigenvalue weighted by Gasteiger charge is -2.12. The average molecular weight is 533 g/mol. The minimum atomic E-state index is -1.06. The fourth-order valence-corrected chi connectivity index (χ4v) is 4.32. The molecule has 2 heterocycles. The molecule has 192 valence electrons. The summed E-state index contributed by atoms with van der Waals surface area (Å²) in [7, 11) is 0. The van der Waals surface area contributed by atoms with Crippen LogP contribution in [0.4, 0.5) is 15.9 Å². The van der Waals surface area contributed by atoms with Gasteiger partial charge in [-0.05, 0) is 66.1 Å². The first-order valence-electron chi connectivity index (χ1n) is 11.7. The maximum Gasteiger partial charge on any atom is 0.337 e. The summed E-state index contributed by atoms with van der Waals surface area (Å²) < 4.78 is 20.9. The van der Waals surface area contributed by atoms with E-state index in [0.717, 1.165) is 0 Å². The van der Waals surface area contributed by atoms with Crippen molar-refractivity contribution in [3.8, 4) is 11.4 Å². The van der Waals surface area contributed by atoms with Crippen LogP contribution in [0.25, 0.3) is 16.6 Å². The first kappa shape index (κ1) is 25.2. The number of ether oxygens (including phenoxy) is 1. The molecule has 3 N–H and O–H groups in total. The van der Waals surface area contributed by atoms with E-state index in [9.17, 15) is 19.4 Å². The van der Waals surface area contributed by atoms with E-state index in [4.69, 9.17) is 16.3 Å². The number of hydrogen-bond acceptors (Lipinski definition) is 6. The number of rotatable bonds is 9. The van der Waals surface area contributed by atoms with E-state index in [1.165, 1.54) is 24.7 Å². The third-order valence-corrected chi connectivity index (χ3v) is 6.21. The number of carbonyl (C=O) groups is 1. The van der Waals surface area contributed by atoms with Crippen LogP contribution in [-0.4, -0.2) is 37.3 Å². The lowest BCUT2D eigenvalue weighted by Crippen LogP contribution is -2.00. The number of hydrogen-bond donors (Lipinski definition) is 3. The Balaban J connectivity index is 1.40. The molecule has 0 saturated heterocycles. The second-order valence-electron chi connectivity index (χ2n) is 8.50. The predicted molar refractivity (Wildman–Crippen MR) is 142 cm³/mol. The van der Waals surface area contributed by atoms with Crippen molar-refractivity contribution in [3.05, 3.63) is 107 Å². The van der Waals surface area contributed by atoms with Crippen molar-refractivity contribution in [1.82, 2.24) is 14.5 Å². The van der Waals surface area contributed by atoms with E-state index >= 15 is 0 Å². The highest BCUT2D eigenvalue weighted by molar-refractivity contribution is 6.32. The number of aromatic nitrogens is 3. The Morgan fingerprint density at radius 2 is 1.95 bits per heavy atom. The molecule has 0 amide bonds. The number of carboxylic acids is 1. The Kier molecular flexibility index (Phi) is 7.21. The average Bonchev–Trinajstić information content (AvgIpc) is 3.33. The number of benzene rings is 3. The molecule has 0 aliphatic heterocycles. The van der Waals surface area contributed by atoms with Gasteiger partial charge in [0.05, 0.1) is 16.1 Å². The maximum atomic E-state index is 13.4. The SMILES string of the molecule is O=C(O)c1cn(-c2ccc3ncnc(Nc4ccc(OCc5cccc(F)c5)c(Cl)c4)c3c2)cc1CCO. The quantitative estimate of drug-likeness (QED) is 0.221. The van der Waals surface area contributed by atoms with Crippen LogP contribution in [0.3, 0.4) is 0 Å². The second kappa shape index (κ2) is 10.9. The van der Waals surface area contributed by atoms with E-state index in [-0.39, 0.29) is 31.0 Å². The molecule has 0 radical (unpaired) electrons. The van der Waals surface area contributed by atoms with Crippen LogP contribution in [0.15, 0.2) is 79.4 Å². The lowest BCUT2D eigenvalue weighted by atomic mass is 10.1. The minimum absolute atomic E-state index is 0.135. The summed E-state index contributed by atoms with van der Waals surface area (Å²) in [6.45, 7) is 0.0215. The van der Waals surface area contributed by atoms with Gasteiger partial charge in [-0.15, -0.1) is 0 Å². The standard InChI is InChI=1S/C28H22ClFN4O4/c29-24-11-20(4-7-26(24)38-15-17-2-1-3-19(30)10-17)33-27-22-12-21(5-6-25(22)31-16-32-27)34-13-18(8-9-35)23(14-34)28(36)37/h1-7,10-14,16,35H,8-9,15H2,(H,36,37)(H,31,32,33). The fraction of sp³-hybridized carbons (Fsp3) is 0.107. The van der Waals surface area contributed by atoms with Crippen LogP contribution in [0.5, 0.6) is 5.75 Å². The molecule has 0 unspecified atom stereocenters. The number of nitrogens with zero attached hydrogens (tertiary/aromatic N) is 3. The topological polar surface area (TPSA) is 110 Å². The van der Waals surface area contributed by atoms with Gasteiger partial charge >= 0.3 is 5.97 Å². The van der Waals surface area contributed by atoms with Crippen molar-refractivity contribution in [2.24, 2.45) is 0 Å². The summed E-state index contributed by atoms with van der Waals surface area (Å²) >= 11 is 6.44. The minimum Gasteiger partial charge on any atom is -0.487 e. The molecule has 8 nitrogen and oxygen atoms in total. The Labute approximate surface area is 221 Å². The van der Waals surface area contributed by atoms with E-state index in [1.807, 2.05) is 18.2 Å². The molecular weight excluding hydrogens is 511 g/mol. The van der Waals surface area contributed by atoms with Gasteiger partial charge in [-0.3, -0.25) is 0 Å². The third-order valence-electron chi connectivity index (χ3n) is 5.92. The summed E-state index contributed by atoms with van der Waals surface area (Å²) in [5, 5.41) is 23.1. The number of halogens is 2. The molecule has 3 aromatic carbocycles. The number of anilines is 2. The molecule has 10 heteroatoms. The highest BCUT2D eigenvalue weighted by Gasteiger charge is 2.15. The number of aliphatic hydroxyl groups excluding tert-OH is 1. The normalized spacial score (nSPS) is 11.0. The molecule has 38 heavy (non-hydrogen) atoms. The Bertz CT molecular complexity index is 1640. The Morgan fingerprint density at radius 3 is 2.71 bits per heavy atom. The third kappa shape index (κ3) is 5.44. The first-order valence-corrected chi connectivity index (χ1v) is 12.0. The van der Waals surface area contributed by atoms with Crippen molar-refractivity contribution in [1.29, 1.82) is 0 Å². The zero-order chi connectivity index (χ0) is 26.6. The van der Waals surface area contributed by atoms with Gasteiger partial charge in [-0.25, -0.2) is 19.2 Å². The summed E-state index contributed by atoms with van der Waals surface area (Å²) in [6.07, 6.45) is 4.90. The van der Waals surface area contributed by atoms with Gasteiger partial charge in [0, 0.05) is 35.8 Å². The molecule has 0 aliphatic carbocycles. The largest absolute Gasteiger partial charge is 0.487 e. The van der Waals surface area contributed by atoms with Gasteiger partial charge < -0.3 is 24.8 Å². The van der Waals surface area contributed by atoms with Gasteiger partial charge in [0.1, 0.15) is 30.3 Å². The van der Waals surface area contributed by atoms with Gasteiger partial charge in [0.15, 0.2) is 0 Å². The summed E-state index contributed by atoms with van der Waals surface area (Å²) in [5.41, 5.74) is 3.43. The van der Waals surface area contributed by atoms with Crippen molar-refractivity contribution in [2.45, 2.75) is 13.0 Å². The summed E-state index contributed by atoms with van der Waals surface area (Å²) in [4.78, 5) is 20.3. The zero-order valence-electron chi connectivity index (χ0n) is 19.9. The summed E-state index contributed by atoms with van der Waals surface area (Å²) in [6, 6.07) is 16.9. The number of aliphatic hydroxyl groups is 1. The zero-order valence-corrected chi connectivity index (χ0v) is 20.7. The maximum absolute atomic E-state index is 13.4. The molecular formula is C28H22ClFN4O4. The fourth-order valence-electron chi connectivity index (χ4n) is 4.08. The summed E-state index contributed by atoms with van der Waals surface area (Å²) in [5.74, 6) is -0.403. The van der Waals surface area contributed by atoms with Crippen molar-refractivity contribution < 1.29 is 24.1 Å². The van der Waals surface area contributed by atoms with Crippen LogP contribution in [-0.2, 0) is 13.0 Å². The van der Waals surface area contributed by atoms with Gasteiger partial charge in [-0.1, -0.05) is 23.7 Å². The van der Waals surface area contributed by atoms with Crippen LogP contribution in [0, 0.1) is 5.82 Å². The van der Waals surface area contributed by atoms with Crippen LogP contribution in [0.1, 0.15) is 21.5 Å². The molecule has 0 bridgehead atoms. The molecule has 0 aliphatic rings. The Hall–Kier alpha value is -4.47. The highest BCUT2D eigenvalue weighted by atomic mass is 35.5. The van der Waals surface area contributed by atoms with E-state index in [1.54, 1.807) is 41.1 Å². The number of fused-ring (bicyclic) bond motifs is 1. The second-order valence-corrected chi connectivity index (χ2v) is 8.90. The molecule has 0 spiro atoms. The Morgan fingerprint density at radius 1 is 1.08 bits per heavy atom. The smallest absolute Gasteiger partial charge is 0.337 e. The van der Waals surface area contributed by atoms with Crippen molar-refractivity contribution in [3.63, 3.8) is 0 Å². The van der Waals surface area contributed by atoms with E-state index in [2.05, 4.69) is 15.3 Å². The van der Waals surface area contributed by atoms with E-state index in [0.29, 0.717) is 50.0 Å². The number of nitrogens with one attached hydrogen (secondary N) is 1. The monoisotopic (exact) mass is 532 g/mol. The molecule has 2 aromatic heterocycles. The number of aromatic carboxylic acids is 1. The highest BCUT2D eigenvalue weighted by Crippen LogP contribution is 2.31. The number of carboxylic acid groups (broad SMARTS) is 1. The van der Waals surface area contributed by atoms with Gasteiger partial charge in [0.2, 0.25) is 0 Å². The molecule has 0 saturated carbocycles. The predicted octanol–water partition coefficient (Wildman–Crippen LogP) is 5.77. The van der Waals surface area contributed by atoms with E-state index < -0.39 is 5.97 Å². The molecule has 5 aromatic rings. The van der Waals surface area contributed by atoms with Crippen molar-refractivity contribution >= 4 is 40.0 Å². The molecule has 5 rings (SSSR count). The van der Waals surface area contributed by atoms with Gasteiger partial charge in [0.25, 0.3) is 0 Å².